The second-order valence-electron chi connectivity index (χ2n) is 10.3. The van der Waals surface area contributed by atoms with Crippen LogP contribution in [0.2, 0.25) is 0 Å². The number of nitrogens with zero attached hydrogens (tertiary/aromatic N) is 3. The third-order valence-corrected chi connectivity index (χ3v) is 9.01. The Labute approximate surface area is 240 Å². The van der Waals surface area contributed by atoms with Crippen LogP contribution >= 0.6 is 11.3 Å². The Morgan fingerprint density at radius 3 is 2.83 bits per heavy atom. The van der Waals surface area contributed by atoms with Gasteiger partial charge in [0.15, 0.2) is 0 Å². The summed E-state index contributed by atoms with van der Waals surface area (Å²) in [5.41, 5.74) is 9.25. The third kappa shape index (κ3) is 3.78. The van der Waals surface area contributed by atoms with Crippen molar-refractivity contribution in [1.29, 1.82) is 0 Å². The summed E-state index contributed by atoms with van der Waals surface area (Å²) in [6.45, 7) is 1.40. The topological polar surface area (TPSA) is 72.5 Å². The molecule has 0 radical (unpaired) electrons. The van der Waals surface area contributed by atoms with E-state index in [2.05, 4.69) is 68.7 Å². The lowest BCUT2D eigenvalue weighted by atomic mass is 10.00. The number of methoxy groups -OCH3 is 1. The van der Waals surface area contributed by atoms with E-state index >= 15 is 0 Å². The molecule has 3 aromatic heterocycles. The van der Waals surface area contributed by atoms with Gasteiger partial charge in [0.05, 0.1) is 59.6 Å². The lowest BCUT2D eigenvalue weighted by Gasteiger charge is -2.24. The zero-order valence-electron chi connectivity index (χ0n) is 22.3. The first-order valence-electron chi connectivity index (χ1n) is 13.6. The monoisotopic (exact) mass is 558 g/mol. The number of anilines is 3. The van der Waals surface area contributed by atoms with Crippen LogP contribution in [0.1, 0.15) is 38.2 Å². The molecule has 2 aliphatic heterocycles. The maximum Gasteiger partial charge on any atom is 0.337 e. The summed E-state index contributed by atoms with van der Waals surface area (Å²) in [6, 6.07) is 26.9. The average molecular weight is 559 g/mol. The van der Waals surface area contributed by atoms with E-state index in [0.29, 0.717) is 12.1 Å². The number of benzene rings is 3. The molecule has 0 bridgehead atoms. The molecule has 0 amide bonds. The lowest BCUT2D eigenvalue weighted by Crippen LogP contribution is -2.16. The summed E-state index contributed by atoms with van der Waals surface area (Å²) >= 11 is 1.77. The van der Waals surface area contributed by atoms with Gasteiger partial charge in [-0.3, -0.25) is 0 Å². The van der Waals surface area contributed by atoms with Gasteiger partial charge in [-0.25, -0.2) is 9.78 Å². The normalized spacial score (nSPS) is 15.3. The number of para-hydroxylation sites is 2. The number of aromatic nitrogens is 2. The molecule has 0 saturated carbocycles. The molecule has 6 aromatic rings. The minimum Gasteiger partial charge on any atom is -0.467 e. The molecule has 7 nitrogen and oxygen atoms in total. The predicted molar refractivity (Wildman–Crippen MR) is 161 cm³/mol. The number of imidazole rings is 1. The maximum absolute atomic E-state index is 12.4. The van der Waals surface area contributed by atoms with Gasteiger partial charge in [-0.05, 0) is 65.9 Å². The van der Waals surface area contributed by atoms with E-state index in [-0.39, 0.29) is 12.0 Å². The van der Waals surface area contributed by atoms with Crippen LogP contribution in [-0.4, -0.2) is 29.2 Å². The van der Waals surface area contributed by atoms with Crippen molar-refractivity contribution >= 4 is 45.4 Å². The number of ether oxygens (including phenoxy) is 1. The Bertz CT molecular complexity index is 1920. The number of thiophene rings is 1. The highest BCUT2D eigenvalue weighted by atomic mass is 32.1. The first-order valence-corrected chi connectivity index (χ1v) is 14.5. The number of furan rings is 1. The predicted octanol–water partition coefficient (Wildman–Crippen LogP) is 7.40. The Kier molecular flexibility index (Phi) is 5.50. The van der Waals surface area contributed by atoms with Crippen LogP contribution in [0.5, 0.6) is 0 Å². The summed E-state index contributed by atoms with van der Waals surface area (Å²) in [5, 5.41) is 6.04. The molecule has 8 heteroatoms. The molecule has 1 unspecified atom stereocenters. The molecule has 0 aliphatic carbocycles. The standard InChI is InChI=1S/C33H26N4O3S/c1-39-33(38)21-12-13-27-26(18-21)35-32(37(27)19-22-7-4-16-40-22)24-9-3-10-25-31(24)36-15-14-20-6-2-8-23(30(20)36)29(34-25)28-11-5-17-41-28/h2-13,16-18,29,34H,14-15,19H2,1H3. The summed E-state index contributed by atoms with van der Waals surface area (Å²) in [4.78, 5) is 21.2. The Morgan fingerprint density at radius 1 is 1.07 bits per heavy atom. The minimum absolute atomic E-state index is 0.0478. The van der Waals surface area contributed by atoms with Crippen LogP contribution in [0.3, 0.4) is 0 Å². The third-order valence-electron chi connectivity index (χ3n) is 8.07. The van der Waals surface area contributed by atoms with Gasteiger partial charge in [0.25, 0.3) is 0 Å². The Hall–Kier alpha value is -4.82. The van der Waals surface area contributed by atoms with Crippen molar-refractivity contribution in [3.05, 3.63) is 118 Å². The molecule has 5 heterocycles. The first-order chi connectivity index (χ1) is 20.2. The number of hydrogen-bond acceptors (Lipinski definition) is 7. The van der Waals surface area contributed by atoms with Gasteiger partial charge in [-0.2, -0.15) is 0 Å². The van der Waals surface area contributed by atoms with Crippen molar-refractivity contribution in [3.63, 3.8) is 0 Å². The van der Waals surface area contributed by atoms with E-state index < -0.39 is 0 Å². The smallest absolute Gasteiger partial charge is 0.337 e. The zero-order valence-corrected chi connectivity index (χ0v) is 23.2. The number of hydrogen-bond donors (Lipinski definition) is 1. The van der Waals surface area contributed by atoms with Crippen LogP contribution in [0.25, 0.3) is 22.4 Å². The quantitative estimate of drug-likeness (QED) is 0.222. The van der Waals surface area contributed by atoms with E-state index in [1.54, 1.807) is 29.7 Å². The van der Waals surface area contributed by atoms with Crippen molar-refractivity contribution in [2.45, 2.75) is 19.0 Å². The lowest BCUT2D eigenvalue weighted by molar-refractivity contribution is 0.0601. The van der Waals surface area contributed by atoms with E-state index in [0.717, 1.165) is 52.5 Å². The van der Waals surface area contributed by atoms with Crippen molar-refractivity contribution < 1.29 is 13.9 Å². The van der Waals surface area contributed by atoms with Crippen LogP contribution in [0.4, 0.5) is 17.1 Å². The molecular weight excluding hydrogens is 532 g/mol. The van der Waals surface area contributed by atoms with Crippen LogP contribution in [0.15, 0.2) is 94.9 Å². The fraction of sp³-hybridized carbons (Fsp3) is 0.152. The summed E-state index contributed by atoms with van der Waals surface area (Å²) in [7, 11) is 1.39. The van der Waals surface area contributed by atoms with Crippen molar-refractivity contribution in [2.24, 2.45) is 0 Å². The van der Waals surface area contributed by atoms with Gasteiger partial charge in [-0.15, -0.1) is 11.3 Å². The summed E-state index contributed by atoms with van der Waals surface area (Å²) in [6.07, 6.45) is 2.68. The van der Waals surface area contributed by atoms with Gasteiger partial charge in [0, 0.05) is 22.5 Å². The van der Waals surface area contributed by atoms with Gasteiger partial charge < -0.3 is 23.9 Å². The van der Waals surface area contributed by atoms with E-state index in [1.165, 1.54) is 28.8 Å². The molecule has 41 heavy (non-hydrogen) atoms. The fourth-order valence-corrected chi connectivity index (χ4v) is 7.08. The summed E-state index contributed by atoms with van der Waals surface area (Å²) in [5.74, 6) is 1.26. The number of rotatable bonds is 5. The second kappa shape index (κ2) is 9.38. The average Bonchev–Trinajstić information content (AvgIpc) is 3.82. The second-order valence-corrected chi connectivity index (χ2v) is 11.3. The van der Waals surface area contributed by atoms with Crippen LogP contribution in [0, 0.1) is 0 Å². The van der Waals surface area contributed by atoms with Crippen molar-refractivity contribution in [2.75, 3.05) is 23.9 Å². The highest BCUT2D eigenvalue weighted by molar-refractivity contribution is 7.10. The van der Waals surface area contributed by atoms with Crippen molar-refractivity contribution in [3.8, 4) is 11.4 Å². The molecule has 1 atom stereocenters. The molecule has 3 aromatic carbocycles. The fourth-order valence-electron chi connectivity index (χ4n) is 6.29. The Morgan fingerprint density at radius 2 is 2.00 bits per heavy atom. The molecular formula is C33H26N4O3S. The minimum atomic E-state index is -0.382. The van der Waals surface area contributed by atoms with Gasteiger partial charge >= 0.3 is 5.97 Å². The zero-order chi connectivity index (χ0) is 27.5. The van der Waals surface area contributed by atoms with Gasteiger partial charge in [0.2, 0.25) is 0 Å². The maximum atomic E-state index is 12.4. The van der Waals surface area contributed by atoms with Crippen LogP contribution in [-0.2, 0) is 17.7 Å². The number of carbonyl (C=O) groups excluding carboxylic acids is 1. The highest BCUT2D eigenvalue weighted by Gasteiger charge is 2.35. The molecule has 0 spiro atoms. The van der Waals surface area contributed by atoms with E-state index in [9.17, 15) is 4.79 Å². The largest absolute Gasteiger partial charge is 0.467 e. The number of esters is 1. The number of nitrogens with one attached hydrogen (secondary N) is 1. The van der Waals surface area contributed by atoms with Gasteiger partial charge in [0.1, 0.15) is 11.6 Å². The van der Waals surface area contributed by atoms with E-state index in [1.807, 2.05) is 18.2 Å². The molecule has 1 N–H and O–H groups in total. The summed E-state index contributed by atoms with van der Waals surface area (Å²) < 4.78 is 12.9. The van der Waals surface area contributed by atoms with Crippen molar-refractivity contribution in [1.82, 2.24) is 9.55 Å². The molecule has 0 saturated heterocycles. The Balaban J connectivity index is 1.37. The molecule has 8 rings (SSSR count). The molecule has 0 fully saturated rings. The van der Waals surface area contributed by atoms with Crippen LogP contribution < -0.4 is 10.2 Å². The SMILES string of the molecule is COC(=O)c1ccc2c(c1)nc(-c1cccc3c1N1CCc4cccc(c41)C(c1cccs1)N3)n2Cc1ccco1. The molecule has 2 aliphatic rings. The molecule has 202 valence electrons. The van der Waals surface area contributed by atoms with Gasteiger partial charge in [-0.1, -0.05) is 30.3 Å². The number of carbonyl (C=O) groups is 1. The first kappa shape index (κ1) is 24.0. The van der Waals surface area contributed by atoms with E-state index in [4.69, 9.17) is 14.1 Å². The highest BCUT2D eigenvalue weighted by Crippen LogP contribution is 2.51. The number of fused-ring (bicyclic) bond motifs is 3.